The van der Waals surface area contributed by atoms with Gasteiger partial charge in [-0.05, 0) is 31.0 Å². The molecule has 1 aromatic carbocycles. The summed E-state index contributed by atoms with van der Waals surface area (Å²) in [6.45, 7) is 6.46. The Bertz CT molecular complexity index is 659. The highest BCUT2D eigenvalue weighted by Crippen LogP contribution is 2.20. The van der Waals surface area contributed by atoms with Gasteiger partial charge in [-0.25, -0.2) is 4.99 Å². The first-order valence-electron chi connectivity index (χ1n) is 10.2. The van der Waals surface area contributed by atoms with E-state index in [1.54, 1.807) is 0 Å². The van der Waals surface area contributed by atoms with Gasteiger partial charge in [0.2, 0.25) is 0 Å². The van der Waals surface area contributed by atoms with E-state index in [4.69, 9.17) is 4.74 Å². The summed E-state index contributed by atoms with van der Waals surface area (Å²) in [4.78, 5) is 8.35. The number of guanidine groups is 1. The lowest BCUT2D eigenvalue weighted by molar-refractivity contribution is -0.143. The fourth-order valence-electron chi connectivity index (χ4n) is 3.67. The summed E-state index contributed by atoms with van der Waals surface area (Å²) in [6, 6.07) is 8.31. The van der Waals surface area contributed by atoms with E-state index in [-0.39, 0.29) is 6.04 Å². The summed E-state index contributed by atoms with van der Waals surface area (Å²) in [7, 11) is 0. The molecule has 6 nitrogen and oxygen atoms in total. The third-order valence-electron chi connectivity index (χ3n) is 5.09. The number of nitrogens with one attached hydrogen (secondary N) is 2. The first kappa shape index (κ1) is 21.7. The molecule has 1 aromatic rings. The molecule has 2 aliphatic rings. The molecule has 9 heteroatoms. The number of hydrogen-bond donors (Lipinski definition) is 2. The van der Waals surface area contributed by atoms with Crippen LogP contribution in [0.2, 0.25) is 0 Å². The van der Waals surface area contributed by atoms with E-state index < -0.39 is 12.7 Å². The first-order valence-corrected chi connectivity index (χ1v) is 10.2. The third kappa shape index (κ3) is 7.08. The molecule has 0 bridgehead atoms. The van der Waals surface area contributed by atoms with Crippen molar-refractivity contribution >= 4 is 11.6 Å². The van der Waals surface area contributed by atoms with Crippen LogP contribution in [-0.2, 0) is 11.3 Å². The maximum Gasteiger partial charge on any atom is 0.401 e. The number of anilines is 1. The summed E-state index contributed by atoms with van der Waals surface area (Å²) in [5.41, 5.74) is 2.27. The Morgan fingerprint density at radius 2 is 1.90 bits per heavy atom. The number of benzene rings is 1. The smallest absolute Gasteiger partial charge is 0.378 e. The Morgan fingerprint density at radius 1 is 1.17 bits per heavy atom. The van der Waals surface area contributed by atoms with Gasteiger partial charge in [0.25, 0.3) is 0 Å². The second-order valence-electron chi connectivity index (χ2n) is 7.44. The molecule has 2 heterocycles. The molecule has 0 amide bonds. The number of rotatable bonds is 6. The highest BCUT2D eigenvalue weighted by molar-refractivity contribution is 5.80. The lowest BCUT2D eigenvalue weighted by Gasteiger charge is -2.28. The van der Waals surface area contributed by atoms with Gasteiger partial charge in [0, 0.05) is 44.5 Å². The first-order chi connectivity index (χ1) is 13.9. The van der Waals surface area contributed by atoms with Crippen LogP contribution in [0.1, 0.15) is 18.9 Å². The van der Waals surface area contributed by atoms with Crippen molar-refractivity contribution in [2.45, 2.75) is 32.1 Å². The quantitative estimate of drug-likeness (QED) is 0.553. The van der Waals surface area contributed by atoms with Crippen molar-refractivity contribution in [3.05, 3.63) is 29.8 Å². The summed E-state index contributed by atoms with van der Waals surface area (Å²) in [5.74, 6) is 0.642. The standard InChI is InChI=1S/C20H30F3N5O/c1-2-24-19(26-17-7-8-27(14-17)15-20(21,22)23)25-13-16-3-5-18(6-4-16)28-9-11-29-12-10-28/h3-6,17H,2,7-15H2,1H3,(H2,24,25,26). The largest absolute Gasteiger partial charge is 0.401 e. The van der Waals surface area contributed by atoms with Crippen molar-refractivity contribution in [3.63, 3.8) is 0 Å². The van der Waals surface area contributed by atoms with Crippen molar-refractivity contribution in [2.24, 2.45) is 4.99 Å². The van der Waals surface area contributed by atoms with Crippen molar-refractivity contribution < 1.29 is 17.9 Å². The number of likely N-dealkylation sites (tertiary alicyclic amines) is 1. The van der Waals surface area contributed by atoms with Crippen LogP contribution >= 0.6 is 0 Å². The number of nitrogens with zero attached hydrogens (tertiary/aromatic N) is 3. The molecule has 2 saturated heterocycles. The Morgan fingerprint density at radius 3 is 2.55 bits per heavy atom. The maximum atomic E-state index is 12.6. The minimum absolute atomic E-state index is 0.0288. The molecule has 29 heavy (non-hydrogen) atoms. The van der Waals surface area contributed by atoms with E-state index >= 15 is 0 Å². The zero-order valence-corrected chi connectivity index (χ0v) is 16.8. The monoisotopic (exact) mass is 413 g/mol. The Kier molecular flexibility index (Phi) is 7.60. The molecule has 2 fully saturated rings. The normalized spacial score (nSPS) is 21.4. The van der Waals surface area contributed by atoms with Crippen molar-refractivity contribution in [1.82, 2.24) is 15.5 Å². The third-order valence-corrected chi connectivity index (χ3v) is 5.09. The molecule has 0 aliphatic carbocycles. The van der Waals surface area contributed by atoms with Gasteiger partial charge < -0.3 is 20.3 Å². The summed E-state index contributed by atoms with van der Waals surface area (Å²) in [5, 5.41) is 6.46. The average molecular weight is 413 g/mol. The van der Waals surface area contributed by atoms with E-state index in [1.807, 2.05) is 6.92 Å². The molecule has 162 valence electrons. The molecule has 3 rings (SSSR count). The van der Waals surface area contributed by atoms with Crippen LogP contribution in [0.5, 0.6) is 0 Å². The fourth-order valence-corrected chi connectivity index (χ4v) is 3.67. The van der Waals surface area contributed by atoms with Gasteiger partial charge in [-0.3, -0.25) is 4.90 Å². The number of ether oxygens (including phenoxy) is 1. The van der Waals surface area contributed by atoms with E-state index in [2.05, 4.69) is 44.8 Å². The van der Waals surface area contributed by atoms with Crippen LogP contribution in [0.4, 0.5) is 18.9 Å². The van der Waals surface area contributed by atoms with E-state index in [1.165, 1.54) is 10.6 Å². The lowest BCUT2D eigenvalue weighted by Crippen LogP contribution is -2.45. The Labute approximate surface area is 170 Å². The number of hydrogen-bond acceptors (Lipinski definition) is 4. The summed E-state index contributed by atoms with van der Waals surface area (Å²) in [6.07, 6.45) is -3.48. The molecule has 1 unspecified atom stereocenters. The van der Waals surface area contributed by atoms with Gasteiger partial charge in [-0.1, -0.05) is 12.1 Å². The van der Waals surface area contributed by atoms with Crippen LogP contribution in [0.3, 0.4) is 0 Å². The molecule has 0 spiro atoms. The number of alkyl halides is 3. The van der Waals surface area contributed by atoms with Gasteiger partial charge >= 0.3 is 6.18 Å². The Hall–Kier alpha value is -2.00. The predicted octanol–water partition coefficient (Wildman–Crippen LogP) is 2.21. The van der Waals surface area contributed by atoms with Gasteiger partial charge in [0.15, 0.2) is 5.96 Å². The number of aliphatic imine (C=N–C) groups is 1. The summed E-state index contributed by atoms with van der Waals surface area (Å²) < 4.78 is 43.1. The minimum Gasteiger partial charge on any atom is -0.378 e. The van der Waals surface area contributed by atoms with Crippen LogP contribution in [0.15, 0.2) is 29.3 Å². The SMILES string of the molecule is CCNC(=NCc1ccc(N2CCOCC2)cc1)NC1CCN(CC(F)(F)F)C1. The molecule has 2 aliphatic heterocycles. The molecule has 2 N–H and O–H groups in total. The topological polar surface area (TPSA) is 52.1 Å². The molecule has 0 radical (unpaired) electrons. The predicted molar refractivity (Wildman–Crippen MR) is 108 cm³/mol. The minimum atomic E-state index is -4.15. The Balaban J connectivity index is 1.52. The van der Waals surface area contributed by atoms with Crippen LogP contribution in [-0.4, -0.2) is 75.6 Å². The van der Waals surface area contributed by atoms with Crippen LogP contribution < -0.4 is 15.5 Å². The van der Waals surface area contributed by atoms with Crippen LogP contribution in [0.25, 0.3) is 0 Å². The molecular weight excluding hydrogens is 383 g/mol. The van der Waals surface area contributed by atoms with Gasteiger partial charge in [0.05, 0.1) is 26.3 Å². The summed E-state index contributed by atoms with van der Waals surface area (Å²) >= 11 is 0. The zero-order chi connectivity index (χ0) is 20.7. The lowest BCUT2D eigenvalue weighted by atomic mass is 10.2. The number of morpholine rings is 1. The fraction of sp³-hybridized carbons (Fsp3) is 0.650. The van der Waals surface area contributed by atoms with Gasteiger partial charge in [-0.15, -0.1) is 0 Å². The van der Waals surface area contributed by atoms with Crippen molar-refractivity contribution in [3.8, 4) is 0 Å². The maximum absolute atomic E-state index is 12.6. The zero-order valence-electron chi connectivity index (χ0n) is 16.8. The van der Waals surface area contributed by atoms with E-state index in [0.29, 0.717) is 38.6 Å². The number of halogens is 3. The van der Waals surface area contributed by atoms with E-state index in [9.17, 15) is 13.2 Å². The van der Waals surface area contributed by atoms with Crippen molar-refractivity contribution in [1.29, 1.82) is 0 Å². The van der Waals surface area contributed by atoms with Crippen LogP contribution in [0, 0.1) is 0 Å². The van der Waals surface area contributed by atoms with Gasteiger partial charge in [-0.2, -0.15) is 13.2 Å². The molecule has 1 atom stereocenters. The molecule has 0 saturated carbocycles. The molecular formula is C20H30F3N5O. The average Bonchev–Trinajstić information content (AvgIpc) is 3.12. The highest BCUT2D eigenvalue weighted by Gasteiger charge is 2.34. The van der Waals surface area contributed by atoms with Gasteiger partial charge in [0.1, 0.15) is 0 Å². The highest BCUT2D eigenvalue weighted by atomic mass is 19.4. The second-order valence-corrected chi connectivity index (χ2v) is 7.44. The van der Waals surface area contributed by atoms with Crippen molar-refractivity contribution in [2.75, 3.05) is 57.4 Å². The second kappa shape index (κ2) is 10.2. The van der Waals surface area contributed by atoms with E-state index in [0.717, 1.165) is 31.9 Å². The molecule has 0 aromatic heterocycles.